The molecule has 0 aromatic heterocycles. The summed E-state index contributed by atoms with van der Waals surface area (Å²) in [5.41, 5.74) is 0. The van der Waals surface area contributed by atoms with Gasteiger partial charge < -0.3 is 9.47 Å². The van der Waals surface area contributed by atoms with Crippen molar-refractivity contribution in [1.29, 1.82) is 0 Å². The summed E-state index contributed by atoms with van der Waals surface area (Å²) in [6.45, 7) is 0.167. The van der Waals surface area contributed by atoms with Gasteiger partial charge in [0.05, 0.1) is 11.6 Å². The van der Waals surface area contributed by atoms with Gasteiger partial charge in [-0.15, -0.1) is 0 Å². The fourth-order valence-electron chi connectivity index (χ4n) is 1.02. The summed E-state index contributed by atoms with van der Waals surface area (Å²) in [6.07, 6.45) is 1.46. The highest BCUT2D eigenvalue weighted by molar-refractivity contribution is 9.10. The molecule has 2 nitrogen and oxygen atoms in total. The molecule has 0 N–H and O–H groups in total. The van der Waals surface area contributed by atoms with Crippen LogP contribution in [0.3, 0.4) is 0 Å². The molecule has 0 saturated heterocycles. The van der Waals surface area contributed by atoms with Crippen molar-refractivity contribution >= 4 is 39.1 Å². The van der Waals surface area contributed by atoms with E-state index in [0.717, 1.165) is 0 Å². The average molecular weight is 330 g/mol. The van der Waals surface area contributed by atoms with Gasteiger partial charge in [0.25, 0.3) is 0 Å². The highest BCUT2D eigenvalue weighted by Gasteiger charge is 2.09. The van der Waals surface area contributed by atoms with Crippen LogP contribution in [0.25, 0.3) is 0 Å². The second-order valence-electron chi connectivity index (χ2n) is 2.72. The van der Waals surface area contributed by atoms with Gasteiger partial charge in [-0.2, -0.15) is 0 Å². The molecule has 0 atom stereocenters. The number of hydrogen-bond acceptors (Lipinski definition) is 2. The lowest BCUT2D eigenvalue weighted by Gasteiger charge is -2.08. The van der Waals surface area contributed by atoms with Gasteiger partial charge in [-0.3, -0.25) is 0 Å². The summed E-state index contributed by atoms with van der Waals surface area (Å²) < 4.78 is 24.0. The third-order valence-electron chi connectivity index (χ3n) is 1.66. The van der Waals surface area contributed by atoms with E-state index in [1.165, 1.54) is 19.3 Å². The largest absolute Gasteiger partial charge is 0.492 e. The second kappa shape index (κ2) is 6.33. The monoisotopic (exact) mass is 328 g/mol. The smallest absolute Gasteiger partial charge is 0.169 e. The summed E-state index contributed by atoms with van der Waals surface area (Å²) >= 11 is 14.0. The Hall–Kier alpha value is -0.450. The lowest BCUT2D eigenvalue weighted by Crippen LogP contribution is -1.96. The molecular formula is C10H8BrCl2FO2. The van der Waals surface area contributed by atoms with Crippen molar-refractivity contribution in [3.05, 3.63) is 33.0 Å². The highest BCUT2D eigenvalue weighted by Crippen LogP contribution is 2.32. The Morgan fingerprint density at radius 3 is 2.69 bits per heavy atom. The van der Waals surface area contributed by atoms with Crippen LogP contribution in [-0.2, 0) is 0 Å². The van der Waals surface area contributed by atoms with Crippen LogP contribution < -0.4 is 9.47 Å². The minimum absolute atomic E-state index is 0.105. The number of ether oxygens (including phenoxy) is 2. The van der Waals surface area contributed by atoms with E-state index in [9.17, 15) is 4.39 Å². The van der Waals surface area contributed by atoms with Crippen LogP contribution in [0.1, 0.15) is 0 Å². The molecule has 0 aliphatic heterocycles. The first-order valence-corrected chi connectivity index (χ1v) is 5.76. The predicted octanol–water partition coefficient (Wildman–Crippen LogP) is 4.29. The van der Waals surface area contributed by atoms with Crippen molar-refractivity contribution in [1.82, 2.24) is 0 Å². The van der Waals surface area contributed by atoms with E-state index < -0.39 is 5.82 Å². The molecule has 1 aromatic carbocycles. The molecule has 0 bridgehead atoms. The van der Waals surface area contributed by atoms with Gasteiger partial charge in [-0.1, -0.05) is 23.2 Å². The van der Waals surface area contributed by atoms with E-state index >= 15 is 0 Å². The maximum atomic E-state index is 13.4. The molecule has 0 saturated carbocycles. The Kier molecular flexibility index (Phi) is 5.38. The molecule has 0 fully saturated rings. The van der Waals surface area contributed by atoms with E-state index in [0.29, 0.717) is 10.2 Å². The molecule has 1 aromatic rings. The zero-order chi connectivity index (χ0) is 12.1. The fraction of sp³-hybridized carbons (Fsp3) is 0.200. The van der Waals surface area contributed by atoms with Crippen molar-refractivity contribution in [3.63, 3.8) is 0 Å². The van der Waals surface area contributed by atoms with Crippen LogP contribution in [0.15, 0.2) is 27.2 Å². The van der Waals surface area contributed by atoms with Gasteiger partial charge in [-0.25, -0.2) is 4.39 Å². The standard InChI is InChI=1S/C10H8BrCl2FO2/c1-15-10-7(11)4-6(5-8(10)14)16-3-2-9(12)13/h2,4-5H,3H2,1H3. The first-order valence-electron chi connectivity index (χ1n) is 4.21. The lowest BCUT2D eigenvalue weighted by atomic mass is 10.3. The van der Waals surface area contributed by atoms with Crippen LogP contribution in [-0.4, -0.2) is 13.7 Å². The second-order valence-corrected chi connectivity index (χ2v) is 4.59. The van der Waals surface area contributed by atoms with Crippen molar-refractivity contribution in [2.75, 3.05) is 13.7 Å². The zero-order valence-electron chi connectivity index (χ0n) is 8.27. The van der Waals surface area contributed by atoms with E-state index in [1.54, 1.807) is 6.07 Å². The number of halogens is 4. The van der Waals surface area contributed by atoms with Gasteiger partial charge in [0.15, 0.2) is 11.6 Å². The summed E-state index contributed by atoms with van der Waals surface area (Å²) in [6, 6.07) is 2.82. The SMILES string of the molecule is COc1c(F)cc(OCC=C(Cl)Cl)cc1Br. The zero-order valence-corrected chi connectivity index (χ0v) is 11.4. The Bertz CT molecular complexity index is 383. The molecular weight excluding hydrogens is 322 g/mol. The van der Waals surface area contributed by atoms with Gasteiger partial charge in [-0.05, 0) is 28.1 Å². The van der Waals surface area contributed by atoms with Gasteiger partial charge >= 0.3 is 0 Å². The topological polar surface area (TPSA) is 18.5 Å². The van der Waals surface area contributed by atoms with Crippen LogP contribution >= 0.6 is 39.1 Å². The fourth-order valence-corrected chi connectivity index (χ4v) is 1.72. The Morgan fingerprint density at radius 2 is 2.19 bits per heavy atom. The number of benzene rings is 1. The van der Waals surface area contributed by atoms with Crippen molar-refractivity contribution in [2.45, 2.75) is 0 Å². The third-order valence-corrected chi connectivity index (χ3v) is 2.56. The maximum absolute atomic E-state index is 13.4. The van der Waals surface area contributed by atoms with Crippen molar-refractivity contribution < 1.29 is 13.9 Å². The Labute approximate surface area is 111 Å². The van der Waals surface area contributed by atoms with E-state index in [-0.39, 0.29) is 16.8 Å². The van der Waals surface area contributed by atoms with Crippen molar-refractivity contribution in [2.24, 2.45) is 0 Å². The number of rotatable bonds is 4. The van der Waals surface area contributed by atoms with Gasteiger partial charge in [0.1, 0.15) is 16.8 Å². The summed E-state index contributed by atoms with van der Waals surface area (Å²) in [4.78, 5) is 0. The highest BCUT2D eigenvalue weighted by atomic mass is 79.9. The van der Waals surface area contributed by atoms with Gasteiger partial charge in [0.2, 0.25) is 0 Å². The normalized spacial score (nSPS) is 9.81. The molecule has 16 heavy (non-hydrogen) atoms. The maximum Gasteiger partial charge on any atom is 0.169 e. The molecule has 0 unspecified atom stereocenters. The molecule has 0 spiro atoms. The minimum atomic E-state index is -0.507. The number of methoxy groups -OCH3 is 1. The Morgan fingerprint density at radius 1 is 1.50 bits per heavy atom. The summed E-state index contributed by atoms with van der Waals surface area (Å²) in [5.74, 6) is -0.0119. The lowest BCUT2D eigenvalue weighted by molar-refractivity contribution is 0.351. The van der Waals surface area contributed by atoms with Crippen LogP contribution in [0, 0.1) is 5.82 Å². The quantitative estimate of drug-likeness (QED) is 0.820. The molecule has 0 heterocycles. The van der Waals surface area contributed by atoms with E-state index in [1.807, 2.05) is 0 Å². The third kappa shape index (κ3) is 3.85. The molecule has 0 aliphatic rings. The summed E-state index contributed by atoms with van der Waals surface area (Å²) in [5, 5.41) is 0. The first-order chi connectivity index (χ1) is 7.54. The first kappa shape index (κ1) is 13.6. The Balaban J connectivity index is 2.80. The van der Waals surface area contributed by atoms with Crippen LogP contribution in [0.5, 0.6) is 11.5 Å². The number of hydrogen-bond donors (Lipinski definition) is 0. The minimum Gasteiger partial charge on any atom is -0.492 e. The molecule has 6 heteroatoms. The summed E-state index contributed by atoms with van der Waals surface area (Å²) in [7, 11) is 1.39. The van der Waals surface area contributed by atoms with E-state index in [4.69, 9.17) is 32.7 Å². The van der Waals surface area contributed by atoms with Gasteiger partial charge in [0, 0.05) is 6.07 Å². The molecule has 0 amide bonds. The molecule has 88 valence electrons. The van der Waals surface area contributed by atoms with Crippen molar-refractivity contribution in [3.8, 4) is 11.5 Å². The molecule has 0 aliphatic carbocycles. The molecule has 0 radical (unpaired) electrons. The molecule has 1 rings (SSSR count). The van der Waals surface area contributed by atoms with Crippen LogP contribution in [0.4, 0.5) is 4.39 Å². The van der Waals surface area contributed by atoms with E-state index in [2.05, 4.69) is 15.9 Å². The average Bonchev–Trinajstić information content (AvgIpc) is 2.16. The van der Waals surface area contributed by atoms with Crippen LogP contribution in [0.2, 0.25) is 0 Å². The predicted molar refractivity (Wildman–Crippen MR) is 65.9 cm³/mol.